The maximum absolute atomic E-state index is 10.3. The highest BCUT2D eigenvalue weighted by molar-refractivity contribution is 5.86. The van der Waals surface area contributed by atoms with Crippen molar-refractivity contribution in [2.24, 2.45) is 0 Å². The Balaban J connectivity index is 3.94. The zero-order valence-electron chi connectivity index (χ0n) is 7.35. The van der Waals surface area contributed by atoms with Gasteiger partial charge in [-0.05, 0) is 13.8 Å². The molecule has 0 fully saturated rings. The van der Waals surface area contributed by atoms with E-state index in [1.807, 2.05) is 0 Å². The summed E-state index contributed by atoms with van der Waals surface area (Å²) in [6, 6.07) is 0. The number of carboxylic acids is 1. The summed E-state index contributed by atoms with van der Waals surface area (Å²) in [6.07, 6.45) is 5.18. The van der Waals surface area contributed by atoms with Crippen molar-refractivity contribution in [1.29, 1.82) is 0 Å². The van der Waals surface area contributed by atoms with Gasteiger partial charge in [0.05, 0.1) is 5.54 Å². The predicted octanol–water partition coefficient (Wildman–Crippen LogP) is 0.629. The van der Waals surface area contributed by atoms with Crippen molar-refractivity contribution in [2.45, 2.75) is 19.4 Å². The summed E-state index contributed by atoms with van der Waals surface area (Å²) in [7, 11) is 0. The number of hydrogen-bond donors (Lipinski definition) is 2. The lowest BCUT2D eigenvalue weighted by atomic mass is 10.1. The predicted molar refractivity (Wildman–Crippen MR) is 47.7 cm³/mol. The maximum Gasteiger partial charge on any atom is 0.332 e. The third kappa shape index (κ3) is 3.79. The van der Waals surface area contributed by atoms with Crippen LogP contribution in [0.4, 0.5) is 0 Å². The molecule has 0 saturated carbocycles. The Morgan fingerprint density at radius 2 is 2.25 bits per heavy atom. The van der Waals surface area contributed by atoms with Crippen LogP contribution in [0.15, 0.2) is 12.2 Å². The molecule has 0 aliphatic carbocycles. The molecular formula is C9H13NO2. The number of terminal acetylenes is 1. The fraction of sp³-hybridized carbons (Fsp3) is 0.444. The normalized spacial score (nSPS) is 10.4. The molecule has 0 aromatic rings. The molecule has 0 aliphatic rings. The fourth-order valence-electron chi connectivity index (χ4n) is 0.454. The van der Waals surface area contributed by atoms with Crippen LogP contribution in [0, 0.1) is 12.3 Å². The second-order valence-corrected chi connectivity index (χ2v) is 3.03. The van der Waals surface area contributed by atoms with Crippen LogP contribution >= 0.6 is 0 Å². The molecule has 0 unspecified atom stereocenters. The quantitative estimate of drug-likeness (QED) is 0.477. The number of carbonyl (C=O) groups is 1. The largest absolute Gasteiger partial charge is 0.478 e. The first-order chi connectivity index (χ1) is 5.39. The molecule has 66 valence electrons. The van der Waals surface area contributed by atoms with E-state index in [2.05, 4.69) is 17.8 Å². The maximum atomic E-state index is 10.3. The van der Waals surface area contributed by atoms with Gasteiger partial charge in [-0.1, -0.05) is 12.5 Å². The summed E-state index contributed by atoms with van der Waals surface area (Å²) < 4.78 is 0. The van der Waals surface area contributed by atoms with Gasteiger partial charge in [-0.2, -0.15) is 0 Å². The van der Waals surface area contributed by atoms with Crippen molar-refractivity contribution in [2.75, 3.05) is 6.54 Å². The summed E-state index contributed by atoms with van der Waals surface area (Å²) in [4.78, 5) is 10.3. The van der Waals surface area contributed by atoms with Crippen LogP contribution in [0.3, 0.4) is 0 Å². The number of carboxylic acid groups (broad SMARTS) is 1. The van der Waals surface area contributed by atoms with E-state index >= 15 is 0 Å². The minimum atomic E-state index is -1.00. The third-order valence-electron chi connectivity index (χ3n) is 1.41. The van der Waals surface area contributed by atoms with Gasteiger partial charge in [-0.15, -0.1) is 6.42 Å². The van der Waals surface area contributed by atoms with Crippen molar-refractivity contribution in [3.8, 4) is 12.3 Å². The van der Waals surface area contributed by atoms with Crippen LogP contribution in [-0.2, 0) is 4.79 Å². The van der Waals surface area contributed by atoms with Crippen molar-refractivity contribution in [1.82, 2.24) is 5.32 Å². The molecule has 0 atom stereocenters. The van der Waals surface area contributed by atoms with Crippen LogP contribution in [0.2, 0.25) is 0 Å². The summed E-state index contributed by atoms with van der Waals surface area (Å²) in [5.41, 5.74) is -0.378. The molecule has 0 aliphatic heterocycles. The van der Waals surface area contributed by atoms with Crippen LogP contribution in [0.1, 0.15) is 13.8 Å². The highest BCUT2D eigenvalue weighted by atomic mass is 16.4. The zero-order valence-corrected chi connectivity index (χ0v) is 7.35. The highest BCUT2D eigenvalue weighted by Gasteiger charge is 2.14. The van der Waals surface area contributed by atoms with Gasteiger partial charge in [0.15, 0.2) is 0 Å². The second kappa shape index (κ2) is 3.93. The Labute approximate surface area is 72.5 Å². The Morgan fingerprint density at radius 1 is 1.75 bits per heavy atom. The fourth-order valence-corrected chi connectivity index (χ4v) is 0.454. The first kappa shape index (κ1) is 10.7. The summed E-state index contributed by atoms with van der Waals surface area (Å²) in [6.45, 7) is 7.15. The first-order valence-corrected chi connectivity index (χ1v) is 3.53. The van der Waals surface area contributed by atoms with Gasteiger partial charge in [0.25, 0.3) is 0 Å². The molecule has 0 aromatic carbocycles. The van der Waals surface area contributed by atoms with Gasteiger partial charge in [0.1, 0.15) is 0 Å². The zero-order chi connectivity index (χ0) is 9.78. The molecule has 12 heavy (non-hydrogen) atoms. The summed E-state index contributed by atoms with van der Waals surface area (Å²) in [5, 5.41) is 11.3. The number of nitrogens with one attached hydrogen (secondary N) is 1. The molecule has 0 radical (unpaired) electrons. The molecule has 0 amide bonds. The van der Waals surface area contributed by atoms with Crippen molar-refractivity contribution < 1.29 is 9.90 Å². The van der Waals surface area contributed by atoms with Gasteiger partial charge in [-0.3, -0.25) is 5.32 Å². The number of rotatable bonds is 4. The van der Waals surface area contributed by atoms with Crippen molar-refractivity contribution >= 4 is 5.97 Å². The van der Waals surface area contributed by atoms with Crippen molar-refractivity contribution in [3.05, 3.63) is 12.2 Å². The lowest BCUT2D eigenvalue weighted by Crippen LogP contribution is -2.39. The Kier molecular flexibility index (Phi) is 3.52. The SMILES string of the molecule is C#CC(C)(C)NCC(=C)C(=O)O. The average Bonchev–Trinajstić information content (AvgIpc) is 2.00. The van der Waals surface area contributed by atoms with E-state index in [4.69, 9.17) is 11.5 Å². The minimum Gasteiger partial charge on any atom is -0.478 e. The van der Waals surface area contributed by atoms with Gasteiger partial charge in [0.2, 0.25) is 0 Å². The minimum absolute atomic E-state index is 0.110. The molecule has 3 heteroatoms. The number of hydrogen-bond acceptors (Lipinski definition) is 2. The lowest BCUT2D eigenvalue weighted by molar-refractivity contribution is -0.132. The number of aliphatic carboxylic acids is 1. The molecule has 2 N–H and O–H groups in total. The highest BCUT2D eigenvalue weighted by Crippen LogP contribution is 1.99. The topological polar surface area (TPSA) is 49.3 Å². The molecular weight excluding hydrogens is 154 g/mol. The van der Waals surface area contributed by atoms with E-state index in [1.54, 1.807) is 13.8 Å². The molecule has 0 aromatic heterocycles. The van der Waals surface area contributed by atoms with E-state index in [1.165, 1.54) is 0 Å². The lowest BCUT2D eigenvalue weighted by Gasteiger charge is -2.19. The van der Waals surface area contributed by atoms with E-state index < -0.39 is 11.5 Å². The van der Waals surface area contributed by atoms with E-state index in [0.717, 1.165) is 0 Å². The van der Waals surface area contributed by atoms with Crippen molar-refractivity contribution in [3.63, 3.8) is 0 Å². The van der Waals surface area contributed by atoms with E-state index in [0.29, 0.717) is 0 Å². The monoisotopic (exact) mass is 167 g/mol. The smallest absolute Gasteiger partial charge is 0.332 e. The summed E-state index contributed by atoms with van der Waals surface area (Å²) >= 11 is 0. The molecule has 0 bridgehead atoms. The summed E-state index contributed by atoms with van der Waals surface area (Å²) in [5.74, 6) is 1.49. The molecule has 0 rings (SSSR count). The molecule has 3 nitrogen and oxygen atoms in total. The van der Waals surface area contributed by atoms with Gasteiger partial charge >= 0.3 is 5.97 Å². The third-order valence-corrected chi connectivity index (χ3v) is 1.41. The van der Waals surface area contributed by atoms with Crippen LogP contribution in [-0.4, -0.2) is 23.2 Å². The Bertz CT molecular complexity index is 235. The standard InChI is InChI=1S/C9H13NO2/c1-5-9(3,4)10-6-7(2)8(11)12/h1,10H,2,6H2,3-4H3,(H,11,12). The molecule has 0 spiro atoms. The Hall–Kier alpha value is -1.27. The average molecular weight is 167 g/mol. The van der Waals surface area contributed by atoms with Crippen LogP contribution in [0.5, 0.6) is 0 Å². The van der Waals surface area contributed by atoms with E-state index in [9.17, 15) is 4.79 Å². The molecule has 0 saturated heterocycles. The molecule has 0 heterocycles. The van der Waals surface area contributed by atoms with Gasteiger partial charge in [-0.25, -0.2) is 4.79 Å². The van der Waals surface area contributed by atoms with Crippen LogP contribution < -0.4 is 5.32 Å². The van der Waals surface area contributed by atoms with E-state index in [-0.39, 0.29) is 12.1 Å². The van der Waals surface area contributed by atoms with Gasteiger partial charge < -0.3 is 5.11 Å². The first-order valence-electron chi connectivity index (χ1n) is 3.53. The second-order valence-electron chi connectivity index (χ2n) is 3.03. The Morgan fingerprint density at radius 3 is 2.58 bits per heavy atom. The van der Waals surface area contributed by atoms with Crippen LogP contribution in [0.25, 0.3) is 0 Å². The van der Waals surface area contributed by atoms with Gasteiger partial charge in [0, 0.05) is 12.1 Å².